The van der Waals surface area contributed by atoms with Crippen LogP contribution >= 0.6 is 0 Å². The fraction of sp³-hybridized carbons (Fsp3) is 0.800. The highest BCUT2D eigenvalue weighted by Crippen LogP contribution is 2.26. The van der Waals surface area contributed by atoms with E-state index in [4.69, 9.17) is 0 Å². The van der Waals surface area contributed by atoms with Gasteiger partial charge in [-0.2, -0.15) is 0 Å². The van der Waals surface area contributed by atoms with Crippen molar-refractivity contribution in [3.8, 4) is 0 Å². The number of hydrogen-bond acceptors (Lipinski definition) is 1. The largest absolute Gasteiger partial charge is 0.311 e. The van der Waals surface area contributed by atoms with Gasteiger partial charge in [-0.05, 0) is 18.8 Å². The van der Waals surface area contributed by atoms with Crippen LogP contribution in [-0.4, -0.2) is 12.1 Å². The van der Waals surface area contributed by atoms with Crippen LogP contribution in [0.1, 0.15) is 33.1 Å². The first-order valence-corrected chi connectivity index (χ1v) is 4.62. The molecule has 0 amide bonds. The molecule has 0 aromatic carbocycles. The van der Waals surface area contributed by atoms with Gasteiger partial charge in [0.25, 0.3) is 0 Å². The average Bonchev–Trinajstić information content (AvgIpc) is 2.34. The second kappa shape index (κ2) is 3.91. The maximum Gasteiger partial charge on any atom is 0.0132 e. The van der Waals surface area contributed by atoms with Crippen LogP contribution in [0.15, 0.2) is 12.7 Å². The molecular formula is C10H19N. The Balaban J connectivity index is 2.37. The summed E-state index contributed by atoms with van der Waals surface area (Å²) in [6.45, 7) is 8.27. The standard InChI is InChI=1S/C10H19N/c1-4-9-6-5-7-10(9)11-8(2)3/h4,8-11H,1,5-7H2,2-3H3. The molecule has 1 aliphatic carbocycles. The predicted molar refractivity (Wildman–Crippen MR) is 49.6 cm³/mol. The molecule has 0 aliphatic heterocycles. The lowest BCUT2D eigenvalue weighted by molar-refractivity contribution is 0.421. The van der Waals surface area contributed by atoms with E-state index in [9.17, 15) is 0 Å². The van der Waals surface area contributed by atoms with Gasteiger partial charge in [-0.1, -0.05) is 26.3 Å². The van der Waals surface area contributed by atoms with E-state index >= 15 is 0 Å². The first-order chi connectivity index (χ1) is 5.24. The van der Waals surface area contributed by atoms with Crippen molar-refractivity contribution in [3.63, 3.8) is 0 Å². The van der Waals surface area contributed by atoms with Gasteiger partial charge < -0.3 is 5.32 Å². The molecule has 0 aromatic heterocycles. The quantitative estimate of drug-likeness (QED) is 0.614. The van der Waals surface area contributed by atoms with E-state index in [1.807, 2.05) is 0 Å². The van der Waals surface area contributed by atoms with Crippen molar-refractivity contribution in [1.82, 2.24) is 5.32 Å². The van der Waals surface area contributed by atoms with Gasteiger partial charge in [-0.15, -0.1) is 6.58 Å². The molecule has 1 aliphatic rings. The van der Waals surface area contributed by atoms with Gasteiger partial charge in [-0.25, -0.2) is 0 Å². The Morgan fingerprint density at radius 3 is 2.73 bits per heavy atom. The first kappa shape index (κ1) is 8.79. The molecular weight excluding hydrogens is 134 g/mol. The smallest absolute Gasteiger partial charge is 0.0132 e. The lowest BCUT2D eigenvalue weighted by Crippen LogP contribution is -2.36. The fourth-order valence-corrected chi connectivity index (χ4v) is 1.91. The molecule has 1 nitrogen and oxygen atoms in total. The molecule has 1 rings (SSSR count). The van der Waals surface area contributed by atoms with Gasteiger partial charge in [0.1, 0.15) is 0 Å². The summed E-state index contributed by atoms with van der Waals surface area (Å²) in [6, 6.07) is 1.31. The zero-order chi connectivity index (χ0) is 8.27. The molecule has 0 aromatic rings. The summed E-state index contributed by atoms with van der Waals surface area (Å²) in [6.07, 6.45) is 6.12. The number of hydrogen-bond donors (Lipinski definition) is 1. The fourth-order valence-electron chi connectivity index (χ4n) is 1.91. The van der Waals surface area contributed by atoms with Crippen LogP contribution in [0, 0.1) is 5.92 Å². The van der Waals surface area contributed by atoms with Crippen molar-refractivity contribution in [2.45, 2.75) is 45.2 Å². The summed E-state index contributed by atoms with van der Waals surface area (Å²) in [7, 11) is 0. The molecule has 0 spiro atoms. The summed E-state index contributed by atoms with van der Waals surface area (Å²) in [5, 5.41) is 3.57. The molecule has 0 saturated heterocycles. The highest BCUT2D eigenvalue weighted by molar-refractivity contribution is 4.93. The van der Waals surface area contributed by atoms with Crippen LogP contribution < -0.4 is 5.32 Å². The highest BCUT2D eigenvalue weighted by Gasteiger charge is 2.24. The van der Waals surface area contributed by atoms with Crippen molar-refractivity contribution in [2.75, 3.05) is 0 Å². The molecule has 2 atom stereocenters. The second-order valence-corrected chi connectivity index (χ2v) is 3.76. The SMILES string of the molecule is C=CC1CCCC1NC(C)C. The summed E-state index contributed by atoms with van der Waals surface area (Å²) < 4.78 is 0. The summed E-state index contributed by atoms with van der Waals surface area (Å²) in [5.41, 5.74) is 0. The first-order valence-electron chi connectivity index (χ1n) is 4.62. The molecule has 64 valence electrons. The van der Waals surface area contributed by atoms with Gasteiger partial charge in [-0.3, -0.25) is 0 Å². The van der Waals surface area contributed by atoms with E-state index < -0.39 is 0 Å². The third-order valence-electron chi connectivity index (χ3n) is 2.42. The van der Waals surface area contributed by atoms with Crippen molar-refractivity contribution >= 4 is 0 Å². The van der Waals surface area contributed by atoms with E-state index in [1.54, 1.807) is 0 Å². The van der Waals surface area contributed by atoms with Crippen LogP contribution in [0.25, 0.3) is 0 Å². The Morgan fingerprint density at radius 1 is 1.45 bits per heavy atom. The normalized spacial score (nSPS) is 31.2. The minimum atomic E-state index is 0.612. The van der Waals surface area contributed by atoms with Gasteiger partial charge in [0.2, 0.25) is 0 Å². The van der Waals surface area contributed by atoms with Crippen LogP contribution in [0.5, 0.6) is 0 Å². The minimum Gasteiger partial charge on any atom is -0.311 e. The van der Waals surface area contributed by atoms with Crippen molar-refractivity contribution in [2.24, 2.45) is 5.92 Å². The summed E-state index contributed by atoms with van der Waals surface area (Å²) >= 11 is 0. The Hall–Kier alpha value is -0.300. The molecule has 1 fully saturated rings. The zero-order valence-corrected chi connectivity index (χ0v) is 7.64. The minimum absolute atomic E-state index is 0.612. The van der Waals surface area contributed by atoms with E-state index in [1.165, 1.54) is 19.3 Å². The maximum atomic E-state index is 3.86. The average molecular weight is 153 g/mol. The highest BCUT2D eigenvalue weighted by atomic mass is 14.9. The van der Waals surface area contributed by atoms with Gasteiger partial charge in [0, 0.05) is 12.1 Å². The van der Waals surface area contributed by atoms with E-state index in [0.717, 1.165) is 5.92 Å². The Labute approximate surface area is 69.9 Å². The lowest BCUT2D eigenvalue weighted by atomic mass is 10.0. The summed E-state index contributed by atoms with van der Waals surface area (Å²) in [5.74, 6) is 0.720. The predicted octanol–water partition coefficient (Wildman–Crippen LogP) is 2.34. The van der Waals surface area contributed by atoms with Gasteiger partial charge in [0.15, 0.2) is 0 Å². The molecule has 0 radical (unpaired) electrons. The van der Waals surface area contributed by atoms with Crippen molar-refractivity contribution in [1.29, 1.82) is 0 Å². The zero-order valence-electron chi connectivity index (χ0n) is 7.64. The molecule has 1 heteroatoms. The molecule has 1 N–H and O–H groups in total. The van der Waals surface area contributed by atoms with Crippen LogP contribution in [0.2, 0.25) is 0 Å². The summed E-state index contributed by atoms with van der Waals surface area (Å²) in [4.78, 5) is 0. The maximum absolute atomic E-state index is 3.86. The lowest BCUT2D eigenvalue weighted by Gasteiger charge is -2.20. The number of nitrogens with one attached hydrogen (secondary N) is 1. The van der Waals surface area contributed by atoms with E-state index in [2.05, 4.69) is 31.8 Å². The third kappa shape index (κ3) is 2.33. The Kier molecular flexibility index (Phi) is 3.13. The topological polar surface area (TPSA) is 12.0 Å². The molecule has 2 unspecified atom stereocenters. The monoisotopic (exact) mass is 153 g/mol. The molecule has 1 saturated carbocycles. The van der Waals surface area contributed by atoms with Crippen LogP contribution in [-0.2, 0) is 0 Å². The third-order valence-corrected chi connectivity index (χ3v) is 2.42. The van der Waals surface area contributed by atoms with Crippen molar-refractivity contribution in [3.05, 3.63) is 12.7 Å². The second-order valence-electron chi connectivity index (χ2n) is 3.76. The van der Waals surface area contributed by atoms with Crippen molar-refractivity contribution < 1.29 is 0 Å². The molecule has 11 heavy (non-hydrogen) atoms. The van der Waals surface area contributed by atoms with Crippen LogP contribution in [0.3, 0.4) is 0 Å². The van der Waals surface area contributed by atoms with Gasteiger partial charge >= 0.3 is 0 Å². The van der Waals surface area contributed by atoms with Gasteiger partial charge in [0.05, 0.1) is 0 Å². The molecule has 0 bridgehead atoms. The van der Waals surface area contributed by atoms with Crippen LogP contribution in [0.4, 0.5) is 0 Å². The number of rotatable bonds is 3. The Morgan fingerprint density at radius 2 is 2.18 bits per heavy atom. The van der Waals surface area contributed by atoms with E-state index in [0.29, 0.717) is 12.1 Å². The molecule has 0 heterocycles. The van der Waals surface area contributed by atoms with E-state index in [-0.39, 0.29) is 0 Å². The Bertz CT molecular complexity index is 129.